The lowest BCUT2D eigenvalue weighted by Gasteiger charge is -2.17. The highest BCUT2D eigenvalue weighted by atomic mass is 35.5. The smallest absolute Gasteiger partial charge is 0.316 e. The van der Waals surface area contributed by atoms with Crippen LogP contribution in [0.25, 0.3) is 0 Å². The monoisotopic (exact) mass is 303 g/mol. The second kappa shape index (κ2) is 11.1. The third-order valence-corrected chi connectivity index (χ3v) is 3.65. The highest BCUT2D eigenvalue weighted by Gasteiger charge is 2.05. The van der Waals surface area contributed by atoms with Gasteiger partial charge in [-0.15, -0.1) is 24.2 Å². The van der Waals surface area contributed by atoms with Crippen molar-refractivity contribution in [1.29, 1.82) is 0 Å². The third-order valence-electron chi connectivity index (χ3n) is 2.66. The number of halogens is 1. The Kier molecular flexibility index (Phi) is 10.7. The molecule has 0 aliphatic heterocycles. The van der Waals surface area contributed by atoms with Gasteiger partial charge < -0.3 is 9.64 Å². The van der Waals surface area contributed by atoms with Crippen molar-refractivity contribution >= 4 is 30.1 Å². The highest BCUT2D eigenvalue weighted by molar-refractivity contribution is 8.00. The van der Waals surface area contributed by atoms with E-state index in [4.69, 9.17) is 4.74 Å². The molecule has 0 spiro atoms. The zero-order valence-electron chi connectivity index (χ0n) is 11.5. The molecule has 0 amide bonds. The van der Waals surface area contributed by atoms with Crippen molar-refractivity contribution in [3.63, 3.8) is 0 Å². The van der Waals surface area contributed by atoms with Crippen LogP contribution in [0, 0.1) is 0 Å². The first-order valence-corrected chi connectivity index (χ1v) is 7.30. The zero-order valence-corrected chi connectivity index (χ0v) is 13.1. The molecule has 0 fully saturated rings. The lowest BCUT2D eigenvalue weighted by Crippen LogP contribution is -2.28. The molecule has 0 bridgehead atoms. The molecule has 0 N–H and O–H groups in total. The second-order valence-corrected chi connectivity index (χ2v) is 4.90. The predicted octanol–water partition coefficient (Wildman–Crippen LogP) is 3.09. The van der Waals surface area contributed by atoms with E-state index in [-0.39, 0.29) is 18.4 Å². The van der Waals surface area contributed by atoms with E-state index >= 15 is 0 Å². The Morgan fingerprint density at radius 1 is 1.21 bits per heavy atom. The fourth-order valence-corrected chi connectivity index (χ4v) is 2.25. The summed E-state index contributed by atoms with van der Waals surface area (Å²) in [5.41, 5.74) is 0. The average Bonchev–Trinajstić information content (AvgIpc) is 2.42. The molecule has 0 atom stereocenters. The normalized spacial score (nSPS) is 10.1. The van der Waals surface area contributed by atoms with Crippen LogP contribution < -0.4 is 0 Å². The Morgan fingerprint density at radius 2 is 1.84 bits per heavy atom. The van der Waals surface area contributed by atoms with Gasteiger partial charge in [0.05, 0.1) is 5.75 Å². The number of benzene rings is 1. The van der Waals surface area contributed by atoms with Crippen LogP contribution in [0.1, 0.15) is 13.8 Å². The van der Waals surface area contributed by atoms with Gasteiger partial charge in [-0.25, -0.2) is 0 Å². The fourth-order valence-electron chi connectivity index (χ4n) is 1.53. The van der Waals surface area contributed by atoms with Crippen molar-refractivity contribution in [2.24, 2.45) is 0 Å². The van der Waals surface area contributed by atoms with Gasteiger partial charge in [0, 0.05) is 11.4 Å². The molecule has 0 unspecified atom stereocenters. The van der Waals surface area contributed by atoms with Crippen molar-refractivity contribution in [3.05, 3.63) is 30.3 Å². The summed E-state index contributed by atoms with van der Waals surface area (Å²) in [6, 6.07) is 9.89. The van der Waals surface area contributed by atoms with E-state index in [0.717, 1.165) is 24.5 Å². The van der Waals surface area contributed by atoms with Crippen molar-refractivity contribution in [2.75, 3.05) is 32.0 Å². The third kappa shape index (κ3) is 8.14. The van der Waals surface area contributed by atoms with Crippen LogP contribution >= 0.6 is 24.2 Å². The molecule has 5 heteroatoms. The Balaban J connectivity index is 0.00000324. The summed E-state index contributed by atoms with van der Waals surface area (Å²) in [4.78, 5) is 14.8. The zero-order chi connectivity index (χ0) is 13.2. The first-order valence-electron chi connectivity index (χ1n) is 6.32. The summed E-state index contributed by atoms with van der Waals surface area (Å²) in [5, 5.41) is 0. The molecule has 1 rings (SSSR count). The van der Waals surface area contributed by atoms with Gasteiger partial charge in [0.15, 0.2) is 0 Å². The van der Waals surface area contributed by atoms with E-state index in [1.54, 1.807) is 0 Å². The fraction of sp³-hybridized carbons (Fsp3) is 0.500. The van der Waals surface area contributed by atoms with Crippen LogP contribution in [0.5, 0.6) is 0 Å². The van der Waals surface area contributed by atoms with Gasteiger partial charge in [-0.1, -0.05) is 32.0 Å². The molecule has 1 aromatic carbocycles. The number of carbonyl (C=O) groups is 1. The molecule has 0 aliphatic carbocycles. The maximum atomic E-state index is 11.5. The number of hydrogen-bond acceptors (Lipinski definition) is 4. The van der Waals surface area contributed by atoms with Crippen LogP contribution in [0.3, 0.4) is 0 Å². The SMILES string of the molecule is CCN(CC)CCOC(=O)CSc1ccccc1.Cl. The number of thioether (sulfide) groups is 1. The topological polar surface area (TPSA) is 29.5 Å². The van der Waals surface area contributed by atoms with Crippen LogP contribution in [-0.2, 0) is 9.53 Å². The van der Waals surface area contributed by atoms with E-state index in [9.17, 15) is 4.79 Å². The summed E-state index contributed by atoms with van der Waals surface area (Å²) in [7, 11) is 0. The molecular formula is C14H22ClNO2S. The number of likely N-dealkylation sites (N-methyl/N-ethyl adjacent to an activating group) is 1. The minimum Gasteiger partial charge on any atom is -0.464 e. The molecule has 1 aromatic rings. The number of carbonyl (C=O) groups excluding carboxylic acids is 1. The van der Waals surface area contributed by atoms with Gasteiger partial charge in [0.1, 0.15) is 6.61 Å². The maximum Gasteiger partial charge on any atom is 0.316 e. The van der Waals surface area contributed by atoms with Crippen molar-refractivity contribution < 1.29 is 9.53 Å². The lowest BCUT2D eigenvalue weighted by atomic mass is 10.4. The highest BCUT2D eigenvalue weighted by Crippen LogP contribution is 2.16. The molecule has 0 heterocycles. The molecule has 0 saturated heterocycles. The van der Waals surface area contributed by atoms with Gasteiger partial charge in [0.25, 0.3) is 0 Å². The van der Waals surface area contributed by atoms with Gasteiger partial charge in [-0.05, 0) is 25.2 Å². The predicted molar refractivity (Wildman–Crippen MR) is 83.2 cm³/mol. The number of rotatable bonds is 8. The van der Waals surface area contributed by atoms with Crippen molar-refractivity contribution in [1.82, 2.24) is 4.90 Å². The molecule has 3 nitrogen and oxygen atoms in total. The maximum absolute atomic E-state index is 11.5. The Labute approximate surface area is 126 Å². The van der Waals surface area contributed by atoms with E-state index in [2.05, 4.69) is 18.7 Å². The standard InChI is InChI=1S/C14H21NO2S.ClH/c1-3-15(4-2)10-11-17-14(16)12-18-13-8-6-5-7-9-13;/h5-9H,3-4,10-12H2,1-2H3;1H. The molecule has 0 radical (unpaired) electrons. The molecular weight excluding hydrogens is 282 g/mol. The van der Waals surface area contributed by atoms with Gasteiger partial charge in [-0.3, -0.25) is 4.79 Å². The number of hydrogen-bond donors (Lipinski definition) is 0. The van der Waals surface area contributed by atoms with Crippen molar-refractivity contribution in [3.8, 4) is 0 Å². The summed E-state index contributed by atoms with van der Waals surface area (Å²) >= 11 is 1.51. The molecule has 0 saturated carbocycles. The average molecular weight is 304 g/mol. The van der Waals surface area contributed by atoms with Gasteiger partial charge >= 0.3 is 5.97 Å². The molecule has 19 heavy (non-hydrogen) atoms. The minimum atomic E-state index is -0.143. The van der Waals surface area contributed by atoms with Gasteiger partial charge in [-0.2, -0.15) is 0 Å². The van der Waals surface area contributed by atoms with E-state index in [1.807, 2.05) is 30.3 Å². The van der Waals surface area contributed by atoms with E-state index in [0.29, 0.717) is 12.4 Å². The largest absolute Gasteiger partial charge is 0.464 e. The van der Waals surface area contributed by atoms with Gasteiger partial charge in [0.2, 0.25) is 0 Å². The number of nitrogens with zero attached hydrogens (tertiary/aromatic N) is 1. The number of ether oxygens (including phenoxy) is 1. The van der Waals surface area contributed by atoms with Crippen LogP contribution in [-0.4, -0.2) is 42.9 Å². The van der Waals surface area contributed by atoms with E-state index in [1.165, 1.54) is 11.8 Å². The van der Waals surface area contributed by atoms with Crippen molar-refractivity contribution in [2.45, 2.75) is 18.7 Å². The molecule has 108 valence electrons. The summed E-state index contributed by atoms with van der Waals surface area (Å²) in [6.07, 6.45) is 0. The minimum absolute atomic E-state index is 0. The Bertz CT molecular complexity index is 345. The number of esters is 1. The summed E-state index contributed by atoms with van der Waals surface area (Å²) in [5.74, 6) is 0.235. The Morgan fingerprint density at radius 3 is 2.42 bits per heavy atom. The molecule has 0 aromatic heterocycles. The molecule has 0 aliphatic rings. The summed E-state index contributed by atoms with van der Waals surface area (Å²) in [6.45, 7) is 7.50. The quantitative estimate of drug-likeness (QED) is 0.545. The lowest BCUT2D eigenvalue weighted by molar-refractivity contribution is -0.140. The van der Waals surface area contributed by atoms with Crippen LogP contribution in [0.2, 0.25) is 0 Å². The van der Waals surface area contributed by atoms with E-state index < -0.39 is 0 Å². The summed E-state index contributed by atoms with van der Waals surface area (Å²) < 4.78 is 5.20. The second-order valence-electron chi connectivity index (χ2n) is 3.85. The Hall–Kier alpha value is -0.710. The van der Waals surface area contributed by atoms with Crippen LogP contribution in [0.15, 0.2) is 35.2 Å². The first-order chi connectivity index (χ1) is 8.76. The van der Waals surface area contributed by atoms with Crippen LogP contribution in [0.4, 0.5) is 0 Å². The first kappa shape index (κ1) is 18.3.